The van der Waals surface area contributed by atoms with Crippen molar-refractivity contribution < 1.29 is 8.42 Å². The van der Waals surface area contributed by atoms with Crippen molar-refractivity contribution in [3.63, 3.8) is 0 Å². The van der Waals surface area contributed by atoms with Gasteiger partial charge in [0.15, 0.2) is 0 Å². The number of benzene rings is 1. The minimum Gasteiger partial charge on any atom is -0.398 e. The van der Waals surface area contributed by atoms with Crippen LogP contribution in [-0.2, 0) is 10.0 Å². The normalized spacial score (nSPS) is 12.4. The molecule has 0 aliphatic carbocycles. The molecular weight excluding hydrogens is 272 g/mol. The second-order valence-electron chi connectivity index (χ2n) is 5.89. The Balaban J connectivity index is 3.26. The Hall–Kier alpha value is -1.07. The lowest BCUT2D eigenvalue weighted by Gasteiger charge is -2.22. The van der Waals surface area contributed by atoms with Crippen LogP contribution < -0.4 is 5.73 Å². The van der Waals surface area contributed by atoms with Gasteiger partial charge in [0.1, 0.15) is 0 Å². The first kappa shape index (κ1) is 17.0. The number of rotatable bonds is 5. The maximum Gasteiger partial charge on any atom is 0.243 e. The van der Waals surface area contributed by atoms with Gasteiger partial charge in [-0.3, -0.25) is 0 Å². The summed E-state index contributed by atoms with van der Waals surface area (Å²) >= 11 is 0. The lowest BCUT2D eigenvalue weighted by atomic mass is 10.1. The zero-order valence-electron chi connectivity index (χ0n) is 13.3. The molecule has 1 aromatic carbocycles. The number of anilines is 1. The second-order valence-corrected chi connectivity index (χ2v) is 7.87. The highest BCUT2D eigenvalue weighted by Gasteiger charge is 2.26. The van der Waals surface area contributed by atoms with Crippen LogP contribution in [0.4, 0.5) is 5.69 Å². The molecule has 0 fully saturated rings. The van der Waals surface area contributed by atoms with Gasteiger partial charge in [-0.2, -0.15) is 0 Å². The van der Waals surface area contributed by atoms with Gasteiger partial charge >= 0.3 is 0 Å². The number of nitrogens with zero attached hydrogens (tertiary/aromatic N) is 1. The SMILES string of the molecule is Cc1cc(C)c(S(=O)(=O)N(C)CCC(C)C)c(C)c1N. The van der Waals surface area contributed by atoms with Gasteiger partial charge in [-0.05, 0) is 49.8 Å². The largest absolute Gasteiger partial charge is 0.398 e. The minimum atomic E-state index is -3.48. The van der Waals surface area contributed by atoms with Gasteiger partial charge in [0.25, 0.3) is 0 Å². The molecule has 2 N–H and O–H groups in total. The number of hydrogen-bond acceptors (Lipinski definition) is 3. The van der Waals surface area contributed by atoms with E-state index in [1.807, 2.05) is 19.9 Å². The van der Waals surface area contributed by atoms with Gasteiger partial charge in [-0.1, -0.05) is 19.9 Å². The number of sulfonamides is 1. The number of nitrogens with two attached hydrogens (primary N) is 1. The molecule has 0 saturated carbocycles. The van der Waals surface area contributed by atoms with Crippen molar-refractivity contribution in [2.45, 2.75) is 45.9 Å². The third kappa shape index (κ3) is 3.33. The molecule has 0 spiro atoms. The highest BCUT2D eigenvalue weighted by molar-refractivity contribution is 7.89. The molecule has 0 aliphatic heterocycles. The summed E-state index contributed by atoms with van der Waals surface area (Å²) < 4.78 is 26.9. The first-order valence-electron chi connectivity index (χ1n) is 6.91. The second kappa shape index (κ2) is 6.14. The molecule has 0 aromatic heterocycles. The van der Waals surface area contributed by atoms with Crippen molar-refractivity contribution in [3.8, 4) is 0 Å². The molecule has 114 valence electrons. The maximum absolute atomic E-state index is 12.7. The summed E-state index contributed by atoms with van der Waals surface area (Å²) in [5.41, 5.74) is 8.88. The molecule has 20 heavy (non-hydrogen) atoms. The summed E-state index contributed by atoms with van der Waals surface area (Å²) in [6.07, 6.45) is 0.842. The van der Waals surface area contributed by atoms with E-state index in [9.17, 15) is 8.42 Å². The van der Waals surface area contributed by atoms with E-state index in [0.29, 0.717) is 28.6 Å². The fourth-order valence-electron chi connectivity index (χ4n) is 2.29. The highest BCUT2D eigenvalue weighted by Crippen LogP contribution is 2.30. The van der Waals surface area contributed by atoms with Crippen molar-refractivity contribution >= 4 is 15.7 Å². The average Bonchev–Trinajstić information content (AvgIpc) is 2.32. The van der Waals surface area contributed by atoms with E-state index in [4.69, 9.17) is 5.73 Å². The van der Waals surface area contributed by atoms with E-state index in [1.165, 1.54) is 4.31 Å². The molecule has 4 nitrogen and oxygen atoms in total. The molecule has 1 rings (SSSR count). The third-order valence-electron chi connectivity index (χ3n) is 3.65. The van der Waals surface area contributed by atoms with E-state index in [1.54, 1.807) is 14.0 Å². The predicted molar refractivity (Wildman–Crippen MR) is 84.3 cm³/mol. The smallest absolute Gasteiger partial charge is 0.243 e. The quantitative estimate of drug-likeness (QED) is 0.850. The van der Waals surface area contributed by atoms with Gasteiger partial charge in [0.2, 0.25) is 10.0 Å². The van der Waals surface area contributed by atoms with Crippen molar-refractivity contribution in [1.29, 1.82) is 0 Å². The lowest BCUT2D eigenvalue weighted by molar-refractivity contribution is 0.427. The Morgan fingerprint density at radius 1 is 1.20 bits per heavy atom. The Labute approximate surface area is 123 Å². The molecule has 0 radical (unpaired) electrons. The summed E-state index contributed by atoms with van der Waals surface area (Å²) in [7, 11) is -1.85. The van der Waals surface area contributed by atoms with Gasteiger partial charge < -0.3 is 5.73 Å². The molecular formula is C15H26N2O2S. The molecule has 0 unspecified atom stereocenters. The van der Waals surface area contributed by atoms with E-state index >= 15 is 0 Å². The van der Waals surface area contributed by atoms with Crippen LogP contribution in [0, 0.1) is 26.7 Å². The lowest BCUT2D eigenvalue weighted by Crippen LogP contribution is -2.30. The zero-order chi connectivity index (χ0) is 15.7. The van der Waals surface area contributed by atoms with Gasteiger partial charge in [0, 0.05) is 19.3 Å². The first-order valence-corrected chi connectivity index (χ1v) is 8.35. The molecule has 0 bridgehead atoms. The van der Waals surface area contributed by atoms with Gasteiger partial charge in [-0.15, -0.1) is 0 Å². The monoisotopic (exact) mass is 298 g/mol. The first-order chi connectivity index (χ1) is 9.09. The van der Waals surface area contributed by atoms with Crippen LogP contribution in [0.1, 0.15) is 37.0 Å². The van der Waals surface area contributed by atoms with Crippen LogP contribution in [0.5, 0.6) is 0 Å². The predicted octanol–water partition coefficient (Wildman–Crippen LogP) is 2.86. The van der Waals surface area contributed by atoms with Crippen LogP contribution in [-0.4, -0.2) is 26.3 Å². The van der Waals surface area contributed by atoms with Crippen LogP contribution >= 0.6 is 0 Å². The molecule has 0 saturated heterocycles. The number of nitrogen functional groups attached to an aromatic ring is 1. The third-order valence-corrected chi connectivity index (χ3v) is 5.80. The van der Waals surface area contributed by atoms with Gasteiger partial charge in [0.05, 0.1) is 4.90 Å². The maximum atomic E-state index is 12.7. The van der Waals surface area contributed by atoms with E-state index in [-0.39, 0.29) is 0 Å². The summed E-state index contributed by atoms with van der Waals surface area (Å²) in [5, 5.41) is 0. The average molecular weight is 298 g/mol. The Kier molecular flexibility index (Phi) is 5.21. The molecule has 0 atom stereocenters. The van der Waals surface area contributed by atoms with Gasteiger partial charge in [-0.25, -0.2) is 12.7 Å². The number of aryl methyl sites for hydroxylation is 2. The molecule has 5 heteroatoms. The zero-order valence-corrected chi connectivity index (χ0v) is 14.1. The minimum absolute atomic E-state index is 0.354. The molecule has 0 aliphatic rings. The summed E-state index contributed by atoms with van der Waals surface area (Å²) in [6, 6.07) is 1.84. The topological polar surface area (TPSA) is 63.4 Å². The van der Waals surface area contributed by atoms with E-state index in [0.717, 1.165) is 17.5 Å². The standard InChI is InChI=1S/C15H26N2O2S/c1-10(2)7-8-17(6)20(18,19)15-12(4)9-11(3)14(16)13(15)5/h9-10H,7-8,16H2,1-6H3. The van der Waals surface area contributed by atoms with Crippen molar-refractivity contribution in [1.82, 2.24) is 4.31 Å². The summed E-state index contributed by atoms with van der Waals surface area (Å²) in [5.74, 6) is 0.470. The molecule has 0 amide bonds. The number of hydrogen-bond donors (Lipinski definition) is 1. The highest BCUT2D eigenvalue weighted by atomic mass is 32.2. The Bertz CT molecular complexity index is 592. The Morgan fingerprint density at radius 2 is 1.75 bits per heavy atom. The van der Waals surface area contributed by atoms with Crippen LogP contribution in [0.25, 0.3) is 0 Å². The van der Waals surface area contributed by atoms with Crippen molar-refractivity contribution in [3.05, 3.63) is 22.8 Å². The molecule has 0 heterocycles. The Morgan fingerprint density at radius 3 is 2.25 bits per heavy atom. The van der Waals surface area contributed by atoms with E-state index in [2.05, 4.69) is 13.8 Å². The summed E-state index contributed by atoms with van der Waals surface area (Å²) in [4.78, 5) is 0.354. The van der Waals surface area contributed by atoms with Crippen molar-refractivity contribution in [2.24, 2.45) is 5.92 Å². The van der Waals surface area contributed by atoms with Crippen LogP contribution in [0.3, 0.4) is 0 Å². The fraction of sp³-hybridized carbons (Fsp3) is 0.600. The van der Waals surface area contributed by atoms with Crippen LogP contribution in [0.2, 0.25) is 0 Å². The summed E-state index contributed by atoms with van der Waals surface area (Å²) in [6.45, 7) is 10.2. The van der Waals surface area contributed by atoms with Crippen molar-refractivity contribution in [2.75, 3.05) is 19.3 Å². The fourth-order valence-corrected chi connectivity index (χ4v) is 3.91. The van der Waals surface area contributed by atoms with Crippen LogP contribution in [0.15, 0.2) is 11.0 Å². The molecule has 1 aromatic rings. The van der Waals surface area contributed by atoms with E-state index < -0.39 is 10.0 Å².